The smallest absolute Gasteiger partial charge is 0.308 e. The fourth-order valence-electron chi connectivity index (χ4n) is 1.84. The molecule has 0 aliphatic rings. The summed E-state index contributed by atoms with van der Waals surface area (Å²) >= 11 is 0. The minimum atomic E-state index is -0.918. The summed E-state index contributed by atoms with van der Waals surface area (Å²) in [4.78, 5) is 22.9. The zero-order chi connectivity index (χ0) is 15.0. The van der Waals surface area contributed by atoms with Gasteiger partial charge in [0.05, 0.1) is 5.92 Å². The van der Waals surface area contributed by atoms with Crippen LogP contribution in [-0.2, 0) is 20.7 Å². The standard InChI is InChI=1S/C15H21NO4/c1-3-20-11(2)14(17)16-10-13(15(18)19)9-12-7-5-4-6-8-12/h4-8,11,13H,3,9-10H2,1-2H3,(H,16,17)(H,18,19). The van der Waals surface area contributed by atoms with E-state index < -0.39 is 18.0 Å². The third-order valence-corrected chi connectivity index (χ3v) is 2.98. The van der Waals surface area contributed by atoms with Gasteiger partial charge < -0.3 is 15.2 Å². The number of carbonyl (C=O) groups is 2. The van der Waals surface area contributed by atoms with Crippen molar-refractivity contribution >= 4 is 11.9 Å². The number of hydrogen-bond acceptors (Lipinski definition) is 3. The zero-order valence-electron chi connectivity index (χ0n) is 11.8. The molecule has 2 atom stereocenters. The molecule has 0 saturated heterocycles. The van der Waals surface area contributed by atoms with Crippen LogP contribution in [0.4, 0.5) is 0 Å². The minimum Gasteiger partial charge on any atom is -0.481 e. The van der Waals surface area contributed by atoms with Gasteiger partial charge in [-0.05, 0) is 25.8 Å². The highest BCUT2D eigenvalue weighted by molar-refractivity contribution is 5.81. The molecule has 0 aliphatic carbocycles. The van der Waals surface area contributed by atoms with Gasteiger partial charge in [0.15, 0.2) is 0 Å². The number of hydrogen-bond donors (Lipinski definition) is 2. The van der Waals surface area contributed by atoms with Gasteiger partial charge in [0.2, 0.25) is 5.91 Å². The number of ether oxygens (including phenoxy) is 1. The molecule has 0 spiro atoms. The Kier molecular flexibility index (Phi) is 6.73. The molecule has 0 aromatic heterocycles. The predicted molar refractivity (Wildman–Crippen MR) is 75.4 cm³/mol. The number of carbonyl (C=O) groups excluding carboxylic acids is 1. The predicted octanol–water partition coefficient (Wildman–Crippen LogP) is 1.47. The van der Waals surface area contributed by atoms with E-state index in [1.807, 2.05) is 30.3 Å². The summed E-state index contributed by atoms with van der Waals surface area (Å²) in [7, 11) is 0. The number of carboxylic acid groups (broad SMARTS) is 1. The van der Waals surface area contributed by atoms with Gasteiger partial charge >= 0.3 is 5.97 Å². The van der Waals surface area contributed by atoms with Gasteiger partial charge in [0.1, 0.15) is 6.10 Å². The van der Waals surface area contributed by atoms with Crippen LogP contribution in [0.1, 0.15) is 19.4 Å². The molecule has 20 heavy (non-hydrogen) atoms. The highest BCUT2D eigenvalue weighted by atomic mass is 16.5. The number of nitrogens with one attached hydrogen (secondary N) is 1. The van der Waals surface area contributed by atoms with E-state index in [1.54, 1.807) is 13.8 Å². The molecule has 0 heterocycles. The van der Waals surface area contributed by atoms with Crippen LogP contribution in [-0.4, -0.2) is 36.2 Å². The largest absolute Gasteiger partial charge is 0.481 e. The lowest BCUT2D eigenvalue weighted by molar-refractivity contribution is -0.142. The molecule has 5 nitrogen and oxygen atoms in total. The van der Waals surface area contributed by atoms with Crippen molar-refractivity contribution in [2.45, 2.75) is 26.4 Å². The van der Waals surface area contributed by atoms with Crippen LogP contribution in [0.3, 0.4) is 0 Å². The van der Waals surface area contributed by atoms with Gasteiger partial charge in [-0.2, -0.15) is 0 Å². The van der Waals surface area contributed by atoms with Crippen LogP contribution in [0, 0.1) is 5.92 Å². The SMILES string of the molecule is CCOC(C)C(=O)NCC(Cc1ccccc1)C(=O)O. The Hall–Kier alpha value is -1.88. The molecule has 1 rings (SSSR count). The maximum absolute atomic E-state index is 11.7. The monoisotopic (exact) mass is 279 g/mol. The van der Waals surface area contributed by atoms with Gasteiger partial charge in [0.25, 0.3) is 0 Å². The summed E-state index contributed by atoms with van der Waals surface area (Å²) in [6.45, 7) is 3.99. The van der Waals surface area contributed by atoms with Gasteiger partial charge in [-0.25, -0.2) is 0 Å². The number of amides is 1. The molecular weight excluding hydrogens is 258 g/mol. The fraction of sp³-hybridized carbons (Fsp3) is 0.467. The van der Waals surface area contributed by atoms with Crippen LogP contribution >= 0.6 is 0 Å². The second-order valence-corrected chi connectivity index (χ2v) is 4.57. The van der Waals surface area contributed by atoms with Crippen molar-refractivity contribution in [2.24, 2.45) is 5.92 Å². The van der Waals surface area contributed by atoms with Gasteiger partial charge in [-0.3, -0.25) is 9.59 Å². The Balaban J connectivity index is 2.52. The summed E-state index contributed by atoms with van der Waals surface area (Å²) in [5, 5.41) is 11.8. The Morgan fingerprint density at radius 3 is 2.50 bits per heavy atom. The first kappa shape index (κ1) is 16.2. The lowest BCUT2D eigenvalue weighted by Gasteiger charge is -2.16. The molecule has 2 unspecified atom stereocenters. The van der Waals surface area contributed by atoms with E-state index in [9.17, 15) is 14.7 Å². The fourth-order valence-corrected chi connectivity index (χ4v) is 1.84. The van der Waals surface area contributed by atoms with Crippen molar-refractivity contribution in [3.05, 3.63) is 35.9 Å². The topological polar surface area (TPSA) is 75.6 Å². The van der Waals surface area contributed by atoms with Crippen molar-refractivity contribution in [2.75, 3.05) is 13.2 Å². The molecule has 0 saturated carbocycles. The van der Waals surface area contributed by atoms with E-state index >= 15 is 0 Å². The number of aliphatic carboxylic acids is 1. The van der Waals surface area contributed by atoms with E-state index in [0.717, 1.165) is 5.56 Å². The van der Waals surface area contributed by atoms with Crippen molar-refractivity contribution in [3.63, 3.8) is 0 Å². The molecule has 0 bridgehead atoms. The summed E-state index contributed by atoms with van der Waals surface area (Å²) in [5.41, 5.74) is 0.937. The number of benzene rings is 1. The molecule has 0 radical (unpaired) electrons. The van der Waals surface area contributed by atoms with E-state index in [-0.39, 0.29) is 12.5 Å². The van der Waals surface area contributed by atoms with Crippen molar-refractivity contribution in [1.29, 1.82) is 0 Å². The second kappa shape index (κ2) is 8.32. The van der Waals surface area contributed by atoms with Crippen LogP contribution in [0.15, 0.2) is 30.3 Å². The minimum absolute atomic E-state index is 0.0977. The van der Waals surface area contributed by atoms with Crippen molar-refractivity contribution in [3.8, 4) is 0 Å². The zero-order valence-corrected chi connectivity index (χ0v) is 11.8. The van der Waals surface area contributed by atoms with Crippen molar-refractivity contribution in [1.82, 2.24) is 5.32 Å². The van der Waals surface area contributed by atoms with E-state index in [2.05, 4.69) is 5.32 Å². The van der Waals surface area contributed by atoms with E-state index in [0.29, 0.717) is 13.0 Å². The number of carboxylic acids is 1. The maximum Gasteiger partial charge on any atom is 0.308 e. The maximum atomic E-state index is 11.7. The summed E-state index contributed by atoms with van der Waals surface area (Å²) in [6.07, 6.45) is -0.175. The highest BCUT2D eigenvalue weighted by Gasteiger charge is 2.20. The highest BCUT2D eigenvalue weighted by Crippen LogP contribution is 2.08. The van der Waals surface area contributed by atoms with Crippen LogP contribution in [0.2, 0.25) is 0 Å². The van der Waals surface area contributed by atoms with Gasteiger partial charge in [0, 0.05) is 13.2 Å². The first-order chi connectivity index (χ1) is 9.54. The third-order valence-electron chi connectivity index (χ3n) is 2.98. The summed E-state index contributed by atoms with van der Waals surface area (Å²) < 4.78 is 5.16. The van der Waals surface area contributed by atoms with Gasteiger partial charge in [-0.15, -0.1) is 0 Å². The average molecular weight is 279 g/mol. The lowest BCUT2D eigenvalue weighted by Crippen LogP contribution is -2.39. The molecule has 1 aromatic carbocycles. The first-order valence-corrected chi connectivity index (χ1v) is 6.70. The molecule has 0 aliphatic heterocycles. The molecular formula is C15H21NO4. The summed E-state index contributed by atoms with van der Waals surface area (Å²) in [5.74, 6) is -1.85. The third kappa shape index (κ3) is 5.40. The average Bonchev–Trinajstić information content (AvgIpc) is 2.44. The molecule has 110 valence electrons. The van der Waals surface area contributed by atoms with Crippen LogP contribution in [0.25, 0.3) is 0 Å². The summed E-state index contributed by atoms with van der Waals surface area (Å²) in [6, 6.07) is 9.36. The Morgan fingerprint density at radius 2 is 1.95 bits per heavy atom. The lowest BCUT2D eigenvalue weighted by atomic mass is 9.99. The van der Waals surface area contributed by atoms with E-state index in [1.165, 1.54) is 0 Å². The Bertz CT molecular complexity index is 433. The van der Waals surface area contributed by atoms with E-state index in [4.69, 9.17) is 4.74 Å². The normalized spacial score (nSPS) is 13.5. The Labute approximate surface area is 118 Å². The Morgan fingerprint density at radius 1 is 1.30 bits per heavy atom. The number of rotatable bonds is 8. The molecule has 2 N–H and O–H groups in total. The first-order valence-electron chi connectivity index (χ1n) is 6.70. The van der Waals surface area contributed by atoms with Crippen LogP contribution in [0.5, 0.6) is 0 Å². The quantitative estimate of drug-likeness (QED) is 0.755. The van der Waals surface area contributed by atoms with Crippen molar-refractivity contribution < 1.29 is 19.4 Å². The molecule has 0 fully saturated rings. The second-order valence-electron chi connectivity index (χ2n) is 4.57. The molecule has 1 amide bonds. The molecule has 1 aromatic rings. The van der Waals surface area contributed by atoms with Crippen LogP contribution < -0.4 is 5.32 Å². The molecule has 5 heteroatoms. The van der Waals surface area contributed by atoms with Gasteiger partial charge in [-0.1, -0.05) is 30.3 Å².